The fraction of sp³-hybridized carbons (Fsp3) is 0.455. The Labute approximate surface area is 111 Å². The van der Waals surface area contributed by atoms with Gasteiger partial charge < -0.3 is 4.74 Å². The van der Waals surface area contributed by atoms with E-state index < -0.39 is 15.8 Å². The summed E-state index contributed by atoms with van der Waals surface area (Å²) in [5, 5.41) is -0.207. The first-order valence-electron chi connectivity index (χ1n) is 5.30. The van der Waals surface area contributed by atoms with Gasteiger partial charge in [0.2, 0.25) is 10.0 Å². The van der Waals surface area contributed by atoms with Crippen molar-refractivity contribution in [2.45, 2.75) is 11.3 Å². The standard InChI is InChI=1S/C11H15ClFNO3S/c1-14(6-3-7-17-2)18(15,16)9-4-5-11(13)10(12)8-9/h4-5,8H,3,6-7H2,1-2H3. The van der Waals surface area contributed by atoms with Crippen molar-refractivity contribution in [3.8, 4) is 0 Å². The van der Waals surface area contributed by atoms with Crippen LogP contribution >= 0.6 is 11.6 Å². The first-order chi connectivity index (χ1) is 8.39. The molecule has 102 valence electrons. The Morgan fingerprint density at radius 1 is 1.44 bits per heavy atom. The molecule has 0 N–H and O–H groups in total. The fourth-order valence-corrected chi connectivity index (χ4v) is 2.85. The highest BCUT2D eigenvalue weighted by atomic mass is 35.5. The SMILES string of the molecule is COCCCN(C)S(=O)(=O)c1ccc(F)c(Cl)c1. The highest BCUT2D eigenvalue weighted by Crippen LogP contribution is 2.21. The van der Waals surface area contributed by atoms with Crippen LogP contribution in [0.3, 0.4) is 0 Å². The van der Waals surface area contributed by atoms with Crippen molar-refractivity contribution in [1.82, 2.24) is 4.31 Å². The lowest BCUT2D eigenvalue weighted by molar-refractivity contribution is 0.189. The van der Waals surface area contributed by atoms with Crippen LogP contribution in [0.2, 0.25) is 5.02 Å². The molecule has 18 heavy (non-hydrogen) atoms. The predicted molar refractivity (Wildman–Crippen MR) is 67.7 cm³/mol. The van der Waals surface area contributed by atoms with Crippen molar-refractivity contribution in [3.05, 3.63) is 29.0 Å². The summed E-state index contributed by atoms with van der Waals surface area (Å²) < 4.78 is 43.2. The minimum Gasteiger partial charge on any atom is -0.385 e. The average Bonchev–Trinajstić information content (AvgIpc) is 2.32. The van der Waals surface area contributed by atoms with Crippen LogP contribution in [0.15, 0.2) is 23.1 Å². The minimum absolute atomic E-state index is 0.0196. The summed E-state index contributed by atoms with van der Waals surface area (Å²) in [6, 6.07) is 3.35. The van der Waals surface area contributed by atoms with Crippen LogP contribution in [-0.2, 0) is 14.8 Å². The number of methoxy groups -OCH3 is 1. The van der Waals surface area contributed by atoms with Crippen LogP contribution in [0.5, 0.6) is 0 Å². The molecule has 0 fully saturated rings. The number of halogens is 2. The zero-order chi connectivity index (χ0) is 13.8. The van der Waals surface area contributed by atoms with Gasteiger partial charge in [-0.2, -0.15) is 0 Å². The molecule has 0 saturated heterocycles. The maximum atomic E-state index is 13.0. The summed E-state index contributed by atoms with van der Waals surface area (Å²) in [5.74, 6) is -0.641. The molecule has 1 aromatic carbocycles. The van der Waals surface area contributed by atoms with Gasteiger partial charge in [-0.3, -0.25) is 0 Å². The molecule has 0 radical (unpaired) electrons. The van der Waals surface area contributed by atoms with E-state index in [9.17, 15) is 12.8 Å². The lowest BCUT2D eigenvalue weighted by Crippen LogP contribution is -2.28. The molecule has 0 unspecified atom stereocenters. The highest BCUT2D eigenvalue weighted by Gasteiger charge is 2.21. The number of rotatable bonds is 6. The molecule has 1 aromatic rings. The number of ether oxygens (including phenoxy) is 1. The smallest absolute Gasteiger partial charge is 0.242 e. The van der Waals surface area contributed by atoms with Gasteiger partial charge in [0.25, 0.3) is 0 Å². The van der Waals surface area contributed by atoms with E-state index in [0.29, 0.717) is 19.6 Å². The molecule has 0 amide bonds. The third-order valence-electron chi connectivity index (χ3n) is 2.42. The molecule has 0 aliphatic carbocycles. The summed E-state index contributed by atoms with van der Waals surface area (Å²) in [7, 11) is -0.622. The van der Waals surface area contributed by atoms with Crippen LogP contribution < -0.4 is 0 Å². The van der Waals surface area contributed by atoms with Crippen molar-refractivity contribution >= 4 is 21.6 Å². The average molecular weight is 296 g/mol. The second-order valence-electron chi connectivity index (χ2n) is 3.75. The van der Waals surface area contributed by atoms with Crippen molar-refractivity contribution in [2.24, 2.45) is 0 Å². The Morgan fingerprint density at radius 3 is 2.67 bits per heavy atom. The van der Waals surface area contributed by atoms with Gasteiger partial charge in [0.1, 0.15) is 5.82 Å². The van der Waals surface area contributed by atoms with E-state index >= 15 is 0 Å². The van der Waals surface area contributed by atoms with Gasteiger partial charge in [0.15, 0.2) is 0 Å². The van der Waals surface area contributed by atoms with Crippen molar-refractivity contribution in [1.29, 1.82) is 0 Å². The first-order valence-corrected chi connectivity index (χ1v) is 7.11. The summed E-state index contributed by atoms with van der Waals surface area (Å²) in [5.41, 5.74) is 0. The molecule has 0 saturated carbocycles. The van der Waals surface area contributed by atoms with Crippen molar-refractivity contribution in [3.63, 3.8) is 0 Å². The molecule has 0 aliphatic heterocycles. The molecule has 0 heterocycles. The molecule has 0 bridgehead atoms. The Kier molecular flexibility index (Phi) is 5.52. The zero-order valence-electron chi connectivity index (χ0n) is 10.2. The number of benzene rings is 1. The number of sulfonamides is 1. The first kappa shape index (κ1) is 15.4. The van der Waals surface area contributed by atoms with E-state index in [0.717, 1.165) is 12.1 Å². The highest BCUT2D eigenvalue weighted by molar-refractivity contribution is 7.89. The third kappa shape index (κ3) is 3.65. The van der Waals surface area contributed by atoms with Gasteiger partial charge in [-0.15, -0.1) is 0 Å². The molecule has 1 rings (SSSR count). The minimum atomic E-state index is -3.63. The monoisotopic (exact) mass is 295 g/mol. The molecule has 4 nitrogen and oxygen atoms in total. The molecule has 0 atom stereocenters. The molecular formula is C11H15ClFNO3S. The van der Waals surface area contributed by atoms with Crippen molar-refractivity contribution < 1.29 is 17.5 Å². The fourth-order valence-electron chi connectivity index (χ4n) is 1.37. The molecule has 0 aromatic heterocycles. The maximum absolute atomic E-state index is 13.0. The van der Waals surface area contributed by atoms with Crippen LogP contribution in [0, 0.1) is 5.82 Å². The lowest BCUT2D eigenvalue weighted by Gasteiger charge is -2.17. The van der Waals surface area contributed by atoms with E-state index in [1.165, 1.54) is 17.4 Å². The van der Waals surface area contributed by atoms with E-state index in [4.69, 9.17) is 16.3 Å². The largest absolute Gasteiger partial charge is 0.385 e. The molecule has 0 spiro atoms. The summed E-state index contributed by atoms with van der Waals surface area (Å²) in [4.78, 5) is -0.0196. The second kappa shape index (κ2) is 6.47. The van der Waals surface area contributed by atoms with E-state index in [2.05, 4.69) is 0 Å². The number of nitrogens with zero attached hydrogens (tertiary/aromatic N) is 1. The number of hydrogen-bond acceptors (Lipinski definition) is 3. The van der Waals surface area contributed by atoms with Crippen LogP contribution in [0.1, 0.15) is 6.42 Å². The Morgan fingerprint density at radius 2 is 2.11 bits per heavy atom. The van der Waals surface area contributed by atoms with Crippen LogP contribution in [-0.4, -0.2) is 40.0 Å². The quantitative estimate of drug-likeness (QED) is 0.755. The summed E-state index contributed by atoms with van der Waals surface area (Å²) in [6.07, 6.45) is 0.584. The summed E-state index contributed by atoms with van der Waals surface area (Å²) >= 11 is 5.57. The number of hydrogen-bond donors (Lipinski definition) is 0. The molecule has 0 aliphatic rings. The maximum Gasteiger partial charge on any atom is 0.242 e. The normalized spacial score (nSPS) is 12.1. The zero-order valence-corrected chi connectivity index (χ0v) is 11.8. The Bertz CT molecular complexity index is 507. The van der Waals surface area contributed by atoms with Gasteiger partial charge >= 0.3 is 0 Å². The Balaban J connectivity index is 2.88. The lowest BCUT2D eigenvalue weighted by atomic mass is 10.3. The van der Waals surface area contributed by atoms with Gasteiger partial charge in [0, 0.05) is 27.3 Å². The van der Waals surface area contributed by atoms with Gasteiger partial charge in [0.05, 0.1) is 9.92 Å². The topological polar surface area (TPSA) is 46.6 Å². The molecule has 7 heteroatoms. The van der Waals surface area contributed by atoms with Crippen LogP contribution in [0.25, 0.3) is 0 Å². The molecular weight excluding hydrogens is 281 g/mol. The van der Waals surface area contributed by atoms with Crippen LogP contribution in [0.4, 0.5) is 4.39 Å². The second-order valence-corrected chi connectivity index (χ2v) is 6.20. The van der Waals surface area contributed by atoms with Crippen molar-refractivity contribution in [2.75, 3.05) is 27.3 Å². The van der Waals surface area contributed by atoms with Gasteiger partial charge in [-0.05, 0) is 24.6 Å². The predicted octanol–water partition coefficient (Wildman–Crippen LogP) is 2.14. The Hall–Kier alpha value is -0.690. The summed E-state index contributed by atoms with van der Waals surface area (Å²) in [6.45, 7) is 0.801. The van der Waals surface area contributed by atoms with Gasteiger partial charge in [-0.25, -0.2) is 17.1 Å². The van der Waals surface area contributed by atoms with Gasteiger partial charge in [-0.1, -0.05) is 11.6 Å². The van der Waals surface area contributed by atoms with E-state index in [-0.39, 0.29) is 9.92 Å². The van der Waals surface area contributed by atoms with E-state index in [1.54, 1.807) is 7.11 Å². The van der Waals surface area contributed by atoms with E-state index in [1.807, 2.05) is 0 Å². The third-order valence-corrected chi connectivity index (χ3v) is 4.56.